The van der Waals surface area contributed by atoms with Crippen molar-refractivity contribution in [2.45, 2.75) is 44.9 Å². The van der Waals surface area contributed by atoms with Crippen molar-refractivity contribution in [3.8, 4) is 39.4 Å². The largest absolute Gasteiger partial charge is 0.481 e. The zero-order chi connectivity index (χ0) is 33.8. The normalized spacial score (nSPS) is 15.1. The quantitative estimate of drug-likeness (QED) is 0.141. The molecule has 1 aliphatic heterocycles. The van der Waals surface area contributed by atoms with Gasteiger partial charge in [-0.25, -0.2) is 9.97 Å². The molecule has 1 amide bonds. The van der Waals surface area contributed by atoms with Crippen LogP contribution in [0.3, 0.4) is 0 Å². The molecule has 0 spiro atoms. The second-order valence-corrected chi connectivity index (χ2v) is 12.7. The Balaban J connectivity index is 1.25. The van der Waals surface area contributed by atoms with Crippen LogP contribution in [0.1, 0.15) is 30.9 Å². The van der Waals surface area contributed by atoms with Crippen molar-refractivity contribution in [2.75, 3.05) is 20.2 Å². The van der Waals surface area contributed by atoms with Gasteiger partial charge in [0.1, 0.15) is 5.65 Å². The molecule has 5 N–H and O–H groups in total. The van der Waals surface area contributed by atoms with Gasteiger partial charge in [0.2, 0.25) is 11.8 Å². The second kappa shape index (κ2) is 14.8. The van der Waals surface area contributed by atoms with E-state index in [1.807, 2.05) is 67.6 Å². The van der Waals surface area contributed by atoms with Gasteiger partial charge in [-0.3, -0.25) is 14.0 Å². The van der Waals surface area contributed by atoms with Crippen molar-refractivity contribution < 1.29 is 9.53 Å². The maximum atomic E-state index is 13.1. The Kier molecular flexibility index (Phi) is 10.4. The number of nitrogens with one attached hydrogen (secondary N) is 3. The molecule has 1 aliphatic rings. The number of hydrogen-bond donors (Lipinski definition) is 4. The summed E-state index contributed by atoms with van der Waals surface area (Å²) >= 11 is 14.1. The van der Waals surface area contributed by atoms with Crippen molar-refractivity contribution in [3.63, 3.8) is 0 Å². The number of nitrogens with zero attached hydrogens (tertiary/aromatic N) is 3. The summed E-state index contributed by atoms with van der Waals surface area (Å²) in [5.74, 6) is 0.590. The summed E-state index contributed by atoms with van der Waals surface area (Å²) in [7, 11) is 1.59. The fourth-order valence-corrected chi connectivity index (χ4v) is 6.54. The maximum Gasteiger partial charge on any atom is 0.262 e. The van der Waals surface area contributed by atoms with Crippen LogP contribution in [0.2, 0.25) is 10.0 Å². The van der Waals surface area contributed by atoms with E-state index in [1.165, 1.54) is 4.40 Å². The molecule has 0 radical (unpaired) electrons. The second-order valence-electron chi connectivity index (χ2n) is 12.0. The highest BCUT2D eigenvalue weighted by molar-refractivity contribution is 6.39. The topological polar surface area (TPSA) is 136 Å². The monoisotopic (exact) mass is 685 g/mol. The summed E-state index contributed by atoms with van der Waals surface area (Å²) in [5.41, 5.74) is 12.2. The number of carbonyl (C=O) groups excluding carboxylic acids is 1. The number of amides is 1. The maximum absolute atomic E-state index is 13.1. The van der Waals surface area contributed by atoms with Gasteiger partial charge < -0.3 is 26.4 Å². The van der Waals surface area contributed by atoms with E-state index in [9.17, 15) is 9.59 Å². The highest BCUT2D eigenvalue weighted by Gasteiger charge is 2.21. The highest BCUT2D eigenvalue weighted by Crippen LogP contribution is 2.42. The van der Waals surface area contributed by atoms with Crippen LogP contribution in [0, 0.1) is 0 Å². The lowest BCUT2D eigenvalue weighted by atomic mass is 9.97. The van der Waals surface area contributed by atoms with Crippen LogP contribution in [0.5, 0.6) is 5.88 Å². The summed E-state index contributed by atoms with van der Waals surface area (Å²) in [4.78, 5) is 33.9. The van der Waals surface area contributed by atoms with Crippen molar-refractivity contribution in [1.29, 1.82) is 0 Å². The minimum atomic E-state index is -0.138. The standard InChI is InChI=1S/C36H37Cl2N7O3/c1-21(39)16-40-18-24-19-42-31-15-22(13-14-45(31)36(24)47)26-5-3-6-27(33(26)37)28-7-4-8-29(34(28)38)30-11-9-23(35(44-30)48-2)17-41-20-25-10-12-32(46)43-25/h3-9,11,13-15,19,21,25,40-41H,10,12,16-18,20,39H2,1-2H3,(H,43,46)/t21-,25-/m1/s1. The third-order valence-electron chi connectivity index (χ3n) is 8.36. The van der Waals surface area contributed by atoms with Crippen molar-refractivity contribution in [1.82, 2.24) is 30.3 Å². The van der Waals surface area contributed by atoms with E-state index in [0.717, 1.165) is 39.8 Å². The molecule has 1 fully saturated rings. The summed E-state index contributed by atoms with van der Waals surface area (Å²) in [6, 6.07) is 19.3. The number of nitrogens with two attached hydrogens (primary N) is 1. The summed E-state index contributed by atoms with van der Waals surface area (Å²) in [5, 5.41) is 10.6. The molecule has 4 heterocycles. The molecule has 0 bridgehead atoms. The summed E-state index contributed by atoms with van der Waals surface area (Å²) in [6.07, 6.45) is 4.72. The molecule has 6 rings (SSSR count). The van der Waals surface area contributed by atoms with Crippen LogP contribution in [0.25, 0.3) is 39.2 Å². The zero-order valence-electron chi connectivity index (χ0n) is 26.7. The molecule has 12 heteroatoms. The number of carbonyl (C=O) groups is 1. The summed E-state index contributed by atoms with van der Waals surface area (Å²) in [6.45, 7) is 4.11. The fraction of sp³-hybridized carbons (Fsp3) is 0.278. The minimum Gasteiger partial charge on any atom is -0.481 e. The highest BCUT2D eigenvalue weighted by atomic mass is 35.5. The molecule has 0 unspecified atom stereocenters. The average molecular weight is 687 g/mol. The third-order valence-corrected chi connectivity index (χ3v) is 9.18. The number of ether oxygens (including phenoxy) is 1. The number of fused-ring (bicyclic) bond motifs is 1. The van der Waals surface area contributed by atoms with Crippen LogP contribution in [0.4, 0.5) is 0 Å². The molecule has 0 saturated carbocycles. The van der Waals surface area contributed by atoms with E-state index in [-0.39, 0.29) is 23.6 Å². The van der Waals surface area contributed by atoms with E-state index in [2.05, 4.69) is 20.9 Å². The average Bonchev–Trinajstić information content (AvgIpc) is 3.50. The van der Waals surface area contributed by atoms with Gasteiger partial charge in [0, 0.05) is 90.5 Å². The molecule has 48 heavy (non-hydrogen) atoms. The molecule has 0 aliphatic carbocycles. The van der Waals surface area contributed by atoms with E-state index in [1.54, 1.807) is 19.5 Å². The molecule has 2 aromatic carbocycles. The first-order valence-electron chi connectivity index (χ1n) is 15.8. The lowest BCUT2D eigenvalue weighted by molar-refractivity contribution is -0.119. The molecule has 10 nitrogen and oxygen atoms in total. The third kappa shape index (κ3) is 7.23. The summed E-state index contributed by atoms with van der Waals surface area (Å²) < 4.78 is 7.17. The van der Waals surface area contributed by atoms with Gasteiger partial charge in [0.15, 0.2) is 0 Å². The Hall–Kier alpha value is -4.32. The van der Waals surface area contributed by atoms with Gasteiger partial charge in [0.05, 0.1) is 22.8 Å². The SMILES string of the molecule is COc1nc(-c2cccc(-c3cccc(-c4ccn5c(=O)c(CNC[C@@H](C)N)cnc5c4)c3Cl)c2Cl)ccc1CNC[C@H]1CCC(=O)N1. The Morgan fingerprint density at radius 3 is 2.40 bits per heavy atom. The van der Waals surface area contributed by atoms with Crippen LogP contribution in [-0.4, -0.2) is 52.6 Å². The van der Waals surface area contributed by atoms with Crippen molar-refractivity contribution in [3.05, 3.63) is 105 Å². The van der Waals surface area contributed by atoms with Gasteiger partial charge in [-0.05, 0) is 37.1 Å². The molecule has 1 saturated heterocycles. The Morgan fingerprint density at radius 1 is 0.979 bits per heavy atom. The van der Waals surface area contributed by atoms with E-state index in [4.69, 9.17) is 38.7 Å². The predicted octanol–water partition coefficient (Wildman–Crippen LogP) is 5.21. The van der Waals surface area contributed by atoms with Crippen molar-refractivity contribution >= 4 is 34.8 Å². The number of halogens is 2. The predicted molar refractivity (Wildman–Crippen MR) is 190 cm³/mol. The van der Waals surface area contributed by atoms with Gasteiger partial charge in [-0.15, -0.1) is 0 Å². The Bertz CT molecular complexity index is 2030. The van der Waals surface area contributed by atoms with Crippen LogP contribution < -0.4 is 32.0 Å². The van der Waals surface area contributed by atoms with Gasteiger partial charge in [-0.1, -0.05) is 65.7 Å². The number of rotatable bonds is 12. The van der Waals surface area contributed by atoms with Gasteiger partial charge in [0.25, 0.3) is 5.56 Å². The molecule has 2 atom stereocenters. The van der Waals surface area contributed by atoms with E-state index >= 15 is 0 Å². The number of aromatic nitrogens is 3. The minimum absolute atomic E-state index is 0.0128. The molecular weight excluding hydrogens is 649 g/mol. The lowest BCUT2D eigenvalue weighted by Crippen LogP contribution is -2.35. The van der Waals surface area contributed by atoms with E-state index < -0.39 is 0 Å². The number of methoxy groups -OCH3 is 1. The van der Waals surface area contributed by atoms with E-state index in [0.29, 0.717) is 65.4 Å². The Labute approximate surface area is 288 Å². The number of hydrogen-bond acceptors (Lipinski definition) is 8. The zero-order valence-corrected chi connectivity index (χ0v) is 28.2. The number of benzene rings is 2. The fourth-order valence-electron chi connectivity index (χ4n) is 5.88. The van der Waals surface area contributed by atoms with Gasteiger partial charge >= 0.3 is 0 Å². The smallest absolute Gasteiger partial charge is 0.262 e. The van der Waals surface area contributed by atoms with Crippen molar-refractivity contribution in [2.24, 2.45) is 5.73 Å². The van der Waals surface area contributed by atoms with Crippen LogP contribution >= 0.6 is 23.2 Å². The van der Waals surface area contributed by atoms with Crippen LogP contribution in [-0.2, 0) is 17.9 Å². The molecule has 5 aromatic rings. The molecule has 3 aromatic heterocycles. The molecule has 248 valence electrons. The molecular formula is C36H37Cl2N7O3. The van der Waals surface area contributed by atoms with Crippen LogP contribution in [0.15, 0.2) is 77.9 Å². The first kappa shape index (κ1) is 33.6. The first-order chi connectivity index (χ1) is 23.2. The number of pyridine rings is 2. The lowest BCUT2D eigenvalue weighted by Gasteiger charge is -2.16. The van der Waals surface area contributed by atoms with Gasteiger partial charge in [-0.2, -0.15) is 0 Å². The first-order valence-corrected chi connectivity index (χ1v) is 16.6. The Morgan fingerprint density at radius 2 is 1.69 bits per heavy atom.